The van der Waals surface area contributed by atoms with Gasteiger partial charge in [-0.25, -0.2) is 0 Å². The molecule has 0 heteroatoms. The summed E-state index contributed by atoms with van der Waals surface area (Å²) in [6.45, 7) is 0. The summed E-state index contributed by atoms with van der Waals surface area (Å²) in [5.74, 6) is 3.85. The third-order valence-electron chi connectivity index (χ3n) is 6.63. The van der Waals surface area contributed by atoms with E-state index in [1.54, 1.807) is 5.57 Å². The minimum Gasteiger partial charge on any atom is -0.0616 e. The van der Waals surface area contributed by atoms with Gasteiger partial charge in [-0.2, -0.15) is 0 Å². The minimum atomic E-state index is 0.911. The average Bonchev–Trinajstić information content (AvgIpc) is 3.29. The molecule has 4 saturated carbocycles. The van der Waals surface area contributed by atoms with Crippen LogP contribution in [0.15, 0.2) is 54.1 Å². The van der Waals surface area contributed by atoms with Crippen LogP contribution in [0.3, 0.4) is 0 Å². The first-order valence-corrected chi connectivity index (χ1v) is 8.35. The van der Waals surface area contributed by atoms with E-state index >= 15 is 0 Å². The summed E-state index contributed by atoms with van der Waals surface area (Å²) in [5, 5.41) is 0. The van der Waals surface area contributed by atoms with Crippen molar-refractivity contribution in [2.45, 2.75) is 19.3 Å². The molecular weight excluding hydrogens is 252 g/mol. The van der Waals surface area contributed by atoms with Gasteiger partial charge in [-0.15, -0.1) is 0 Å². The Bertz CT molecular complexity index is 745. The lowest BCUT2D eigenvalue weighted by Gasteiger charge is -2.17. The van der Waals surface area contributed by atoms with Gasteiger partial charge in [-0.3, -0.25) is 0 Å². The maximum atomic E-state index is 2.35. The van der Waals surface area contributed by atoms with Crippen LogP contribution in [0.25, 0.3) is 16.7 Å². The van der Waals surface area contributed by atoms with Gasteiger partial charge in [0.15, 0.2) is 0 Å². The van der Waals surface area contributed by atoms with E-state index in [0.29, 0.717) is 0 Å². The van der Waals surface area contributed by atoms with Crippen LogP contribution in [0.4, 0.5) is 0 Å². The van der Waals surface area contributed by atoms with Gasteiger partial charge in [-0.1, -0.05) is 54.1 Å². The molecule has 4 fully saturated rings. The number of rotatable bonds is 0. The second kappa shape index (κ2) is 3.50. The van der Waals surface area contributed by atoms with Crippen LogP contribution in [0.2, 0.25) is 0 Å². The van der Waals surface area contributed by atoms with E-state index in [2.05, 4.69) is 48.5 Å². The number of benzene rings is 2. The lowest BCUT2D eigenvalue weighted by Crippen LogP contribution is -2.05. The molecule has 0 saturated heterocycles. The van der Waals surface area contributed by atoms with Crippen molar-refractivity contribution in [3.8, 4) is 11.1 Å². The molecule has 2 aromatic carbocycles. The average molecular weight is 270 g/mol. The van der Waals surface area contributed by atoms with Crippen LogP contribution < -0.4 is 0 Å². The van der Waals surface area contributed by atoms with Crippen LogP contribution in [-0.2, 0) is 0 Å². The van der Waals surface area contributed by atoms with Crippen LogP contribution in [0.5, 0.6) is 0 Å². The first-order chi connectivity index (χ1) is 10.4. The van der Waals surface area contributed by atoms with Gasteiger partial charge >= 0.3 is 0 Å². The summed E-state index contributed by atoms with van der Waals surface area (Å²) in [6.07, 6.45) is 4.49. The molecule has 5 aliphatic carbocycles. The fourth-order valence-corrected chi connectivity index (χ4v) is 6.01. The van der Waals surface area contributed by atoms with Crippen molar-refractivity contribution in [2.24, 2.45) is 23.7 Å². The van der Waals surface area contributed by atoms with Crippen molar-refractivity contribution >= 4 is 5.57 Å². The molecule has 4 unspecified atom stereocenters. The topological polar surface area (TPSA) is 0 Å². The molecule has 0 aromatic heterocycles. The summed E-state index contributed by atoms with van der Waals surface area (Å²) >= 11 is 0. The molecule has 2 aromatic rings. The van der Waals surface area contributed by atoms with E-state index in [0.717, 1.165) is 23.7 Å². The van der Waals surface area contributed by atoms with E-state index < -0.39 is 0 Å². The first-order valence-electron chi connectivity index (χ1n) is 8.35. The second-order valence-corrected chi connectivity index (χ2v) is 7.36. The molecule has 0 radical (unpaired) electrons. The van der Waals surface area contributed by atoms with Crippen LogP contribution >= 0.6 is 0 Å². The van der Waals surface area contributed by atoms with Crippen molar-refractivity contribution < 1.29 is 0 Å². The first kappa shape index (κ1) is 10.8. The number of fused-ring (bicyclic) bond motifs is 3. The molecule has 0 heterocycles. The summed E-state index contributed by atoms with van der Waals surface area (Å²) in [4.78, 5) is 0. The van der Waals surface area contributed by atoms with Crippen molar-refractivity contribution in [3.63, 3.8) is 0 Å². The fourth-order valence-electron chi connectivity index (χ4n) is 6.01. The standard InChI is InChI=1S/C21H18/c1-3-7-16-14(5-1)15-6-2-4-8-17(15)20(16)21-18-10-12-9-13(18)11-19(12)21/h1-8,12-13,18-19H,9-11H2. The highest BCUT2D eigenvalue weighted by atomic mass is 14.6. The monoisotopic (exact) mass is 270 g/mol. The molecule has 0 spiro atoms. The highest BCUT2D eigenvalue weighted by molar-refractivity contribution is 6.02. The summed E-state index contributed by atoms with van der Waals surface area (Å²) < 4.78 is 0. The van der Waals surface area contributed by atoms with Gasteiger partial charge in [0.05, 0.1) is 0 Å². The zero-order valence-electron chi connectivity index (χ0n) is 12.0. The lowest BCUT2D eigenvalue weighted by molar-refractivity contribution is 0.457. The Balaban J connectivity index is 1.71. The molecule has 0 aliphatic heterocycles. The Morgan fingerprint density at radius 1 is 0.571 bits per heavy atom. The van der Waals surface area contributed by atoms with Crippen molar-refractivity contribution in [2.75, 3.05) is 0 Å². The van der Waals surface area contributed by atoms with Crippen LogP contribution in [-0.4, -0.2) is 0 Å². The second-order valence-electron chi connectivity index (χ2n) is 7.36. The van der Waals surface area contributed by atoms with Gasteiger partial charge in [-0.05, 0) is 70.8 Å². The molecule has 0 N–H and O–H groups in total. The number of hydrogen-bond acceptors (Lipinski definition) is 0. The molecule has 4 atom stereocenters. The molecule has 0 amide bonds. The predicted molar refractivity (Wildman–Crippen MR) is 85.7 cm³/mol. The summed E-state index contributed by atoms with van der Waals surface area (Å²) in [7, 11) is 0. The zero-order valence-corrected chi connectivity index (χ0v) is 12.0. The number of hydrogen-bond donors (Lipinski definition) is 0. The van der Waals surface area contributed by atoms with E-state index in [1.165, 1.54) is 41.5 Å². The Kier molecular flexibility index (Phi) is 1.80. The normalized spacial score (nSPS) is 33.9. The van der Waals surface area contributed by atoms with Gasteiger partial charge < -0.3 is 0 Å². The van der Waals surface area contributed by atoms with Gasteiger partial charge in [0.1, 0.15) is 0 Å². The maximum Gasteiger partial charge on any atom is -0.00990 e. The Labute approximate surface area is 125 Å². The molecule has 7 rings (SSSR count). The molecule has 21 heavy (non-hydrogen) atoms. The van der Waals surface area contributed by atoms with Gasteiger partial charge in [0.25, 0.3) is 0 Å². The van der Waals surface area contributed by atoms with E-state index in [1.807, 2.05) is 5.57 Å². The van der Waals surface area contributed by atoms with Crippen molar-refractivity contribution in [3.05, 3.63) is 65.2 Å². The minimum absolute atomic E-state index is 0.911. The van der Waals surface area contributed by atoms with Gasteiger partial charge in [0.2, 0.25) is 0 Å². The van der Waals surface area contributed by atoms with Crippen molar-refractivity contribution in [1.82, 2.24) is 0 Å². The quantitative estimate of drug-likeness (QED) is 0.530. The van der Waals surface area contributed by atoms with E-state index in [4.69, 9.17) is 0 Å². The third-order valence-corrected chi connectivity index (χ3v) is 6.63. The maximum absolute atomic E-state index is 2.35. The summed E-state index contributed by atoms with van der Waals surface area (Å²) in [6, 6.07) is 18.1. The Morgan fingerprint density at radius 3 is 1.52 bits per heavy atom. The number of allylic oxidation sites excluding steroid dienone is 1. The van der Waals surface area contributed by atoms with Crippen molar-refractivity contribution in [1.29, 1.82) is 0 Å². The highest BCUT2D eigenvalue weighted by Crippen LogP contribution is 2.68. The molecular formula is C21H18. The molecule has 102 valence electrons. The zero-order chi connectivity index (χ0) is 13.6. The lowest BCUT2D eigenvalue weighted by atomic mass is 9.87. The highest BCUT2D eigenvalue weighted by Gasteiger charge is 2.57. The summed E-state index contributed by atoms with van der Waals surface area (Å²) in [5.41, 5.74) is 9.39. The van der Waals surface area contributed by atoms with E-state index in [9.17, 15) is 0 Å². The molecule has 0 nitrogen and oxygen atoms in total. The largest absolute Gasteiger partial charge is 0.0616 e. The third kappa shape index (κ3) is 1.16. The van der Waals surface area contributed by atoms with Crippen LogP contribution in [0.1, 0.15) is 30.4 Å². The Morgan fingerprint density at radius 2 is 1.05 bits per heavy atom. The fraction of sp³-hybridized carbons (Fsp3) is 0.333. The smallest absolute Gasteiger partial charge is 0.00990 e. The SMILES string of the molecule is c1ccc2c(c1)C(=C1C3CC4CC3CC14)c1ccccc1-2. The predicted octanol–water partition coefficient (Wildman–Crippen LogP) is 5.14. The van der Waals surface area contributed by atoms with Gasteiger partial charge in [0, 0.05) is 0 Å². The Hall–Kier alpha value is -1.82. The van der Waals surface area contributed by atoms with E-state index in [-0.39, 0.29) is 0 Å². The molecule has 4 bridgehead atoms. The van der Waals surface area contributed by atoms with Crippen LogP contribution in [0, 0.1) is 23.7 Å². The molecule has 5 aliphatic rings.